The van der Waals surface area contributed by atoms with Crippen LogP contribution in [0.3, 0.4) is 0 Å². The maximum Gasteiger partial charge on any atom is 0.236 e. The first kappa shape index (κ1) is 13.5. The lowest BCUT2D eigenvalue weighted by Crippen LogP contribution is -2.39. The second-order valence-electron chi connectivity index (χ2n) is 4.88. The van der Waals surface area contributed by atoms with Crippen LogP contribution in [0.25, 0.3) is 0 Å². The number of likely N-dealkylation sites (N-methyl/N-ethyl adjacent to an activating group) is 1. The zero-order chi connectivity index (χ0) is 12.0. The van der Waals surface area contributed by atoms with Crippen LogP contribution in [-0.4, -0.2) is 62.5 Å². The highest BCUT2D eigenvalue weighted by Gasteiger charge is 2.17. The van der Waals surface area contributed by atoms with Gasteiger partial charge in [-0.05, 0) is 39.4 Å². The van der Waals surface area contributed by atoms with Gasteiger partial charge in [0.15, 0.2) is 0 Å². The van der Waals surface area contributed by atoms with Crippen LogP contribution in [0, 0.1) is 0 Å². The number of carbonyl (C=O) groups is 1. The van der Waals surface area contributed by atoms with Crippen LogP contribution < -0.4 is 5.32 Å². The summed E-state index contributed by atoms with van der Waals surface area (Å²) in [7, 11) is 5.78. The number of hydrogen-bond donors (Lipinski definition) is 1. The van der Waals surface area contributed by atoms with Crippen molar-refractivity contribution in [2.45, 2.75) is 31.7 Å². The van der Waals surface area contributed by atoms with E-state index in [1.54, 1.807) is 19.0 Å². The minimum absolute atomic E-state index is 0.150. The molecule has 1 saturated heterocycles. The molecule has 4 heteroatoms. The molecule has 94 valence electrons. The van der Waals surface area contributed by atoms with Crippen molar-refractivity contribution in [2.75, 3.05) is 40.8 Å². The van der Waals surface area contributed by atoms with Gasteiger partial charge in [0.2, 0.25) is 5.91 Å². The summed E-state index contributed by atoms with van der Waals surface area (Å²) in [4.78, 5) is 15.4. The first-order valence-electron chi connectivity index (χ1n) is 6.22. The van der Waals surface area contributed by atoms with Crippen LogP contribution in [0.15, 0.2) is 0 Å². The fourth-order valence-electron chi connectivity index (χ4n) is 2.13. The lowest BCUT2D eigenvalue weighted by atomic mass is 10.0. The van der Waals surface area contributed by atoms with Crippen molar-refractivity contribution >= 4 is 5.91 Å². The molecule has 0 radical (unpaired) electrons. The largest absolute Gasteiger partial charge is 0.348 e. The number of carbonyl (C=O) groups excluding carboxylic acids is 1. The molecule has 0 aromatic carbocycles. The lowest BCUT2D eigenvalue weighted by Gasteiger charge is -2.32. The van der Waals surface area contributed by atoms with E-state index in [9.17, 15) is 4.79 Å². The molecule has 4 nitrogen and oxygen atoms in total. The number of rotatable bonds is 5. The maximum atomic E-state index is 11.3. The molecule has 1 N–H and O–H groups in total. The molecule has 0 aromatic heterocycles. The third-order valence-electron chi connectivity index (χ3n) is 3.35. The average molecular weight is 227 g/mol. The number of amides is 1. The zero-order valence-corrected chi connectivity index (χ0v) is 10.8. The van der Waals surface area contributed by atoms with Crippen molar-refractivity contribution in [3.05, 3.63) is 0 Å². The number of nitrogens with zero attached hydrogens (tertiary/aromatic N) is 2. The molecular weight excluding hydrogens is 202 g/mol. The summed E-state index contributed by atoms with van der Waals surface area (Å²) in [6, 6.07) is 0.704. The summed E-state index contributed by atoms with van der Waals surface area (Å²) in [6.07, 6.45) is 5.14. The fourth-order valence-corrected chi connectivity index (χ4v) is 2.13. The Hall–Kier alpha value is -0.610. The normalized spacial score (nSPS) is 22.1. The summed E-state index contributed by atoms with van der Waals surface area (Å²) in [6.45, 7) is 2.62. The van der Waals surface area contributed by atoms with Crippen molar-refractivity contribution in [3.8, 4) is 0 Å². The molecule has 0 saturated carbocycles. The third kappa shape index (κ3) is 4.49. The number of nitrogens with one attached hydrogen (secondary N) is 1. The van der Waals surface area contributed by atoms with Crippen molar-refractivity contribution in [1.29, 1.82) is 0 Å². The summed E-state index contributed by atoms with van der Waals surface area (Å²) in [5.74, 6) is 0.150. The molecule has 1 unspecified atom stereocenters. The molecule has 1 fully saturated rings. The Morgan fingerprint density at radius 1 is 1.44 bits per heavy atom. The monoisotopic (exact) mass is 227 g/mol. The van der Waals surface area contributed by atoms with E-state index in [1.165, 1.54) is 25.8 Å². The van der Waals surface area contributed by atoms with Crippen LogP contribution in [0.4, 0.5) is 0 Å². The smallest absolute Gasteiger partial charge is 0.236 e. The first-order chi connectivity index (χ1) is 7.61. The Morgan fingerprint density at radius 2 is 2.19 bits per heavy atom. The molecule has 1 heterocycles. The highest BCUT2D eigenvalue weighted by Crippen LogP contribution is 2.16. The zero-order valence-electron chi connectivity index (χ0n) is 10.8. The molecule has 1 atom stereocenters. The quantitative estimate of drug-likeness (QED) is 0.696. The van der Waals surface area contributed by atoms with Gasteiger partial charge in [-0.15, -0.1) is 0 Å². The molecule has 0 spiro atoms. The second-order valence-corrected chi connectivity index (χ2v) is 4.88. The van der Waals surface area contributed by atoms with Crippen molar-refractivity contribution < 1.29 is 4.79 Å². The summed E-state index contributed by atoms with van der Waals surface area (Å²) >= 11 is 0. The molecule has 1 aliphatic heterocycles. The van der Waals surface area contributed by atoms with Crippen LogP contribution in [-0.2, 0) is 4.79 Å². The van der Waals surface area contributed by atoms with Gasteiger partial charge in [0.25, 0.3) is 0 Å². The van der Waals surface area contributed by atoms with Gasteiger partial charge >= 0.3 is 0 Å². The average Bonchev–Trinajstić information content (AvgIpc) is 2.26. The van der Waals surface area contributed by atoms with E-state index in [2.05, 4.69) is 17.3 Å². The van der Waals surface area contributed by atoms with Gasteiger partial charge in [0.05, 0.1) is 6.54 Å². The Balaban J connectivity index is 2.08. The van der Waals surface area contributed by atoms with Gasteiger partial charge in [-0.1, -0.05) is 6.42 Å². The van der Waals surface area contributed by atoms with Gasteiger partial charge in [-0.25, -0.2) is 0 Å². The molecule has 0 aliphatic carbocycles. The summed E-state index contributed by atoms with van der Waals surface area (Å²) in [5, 5.41) is 3.22. The van der Waals surface area contributed by atoms with Crippen LogP contribution in [0.2, 0.25) is 0 Å². The first-order valence-corrected chi connectivity index (χ1v) is 6.22. The van der Waals surface area contributed by atoms with E-state index in [4.69, 9.17) is 0 Å². The highest BCUT2D eigenvalue weighted by molar-refractivity contribution is 5.77. The molecular formula is C12H25N3O. The fraction of sp³-hybridized carbons (Fsp3) is 0.917. The van der Waals surface area contributed by atoms with Gasteiger partial charge < -0.3 is 15.1 Å². The predicted molar refractivity (Wildman–Crippen MR) is 66.4 cm³/mol. The standard InChI is InChI=1S/C12H25N3O/c1-14(2)12(16)10-13-8-7-11-6-4-5-9-15(11)3/h11,13H,4-10H2,1-3H3. The Labute approximate surface area is 99.0 Å². The van der Waals surface area contributed by atoms with Crippen LogP contribution >= 0.6 is 0 Å². The van der Waals surface area contributed by atoms with Gasteiger partial charge in [0, 0.05) is 20.1 Å². The second kappa shape index (κ2) is 6.86. The molecule has 0 bridgehead atoms. The van der Waals surface area contributed by atoms with E-state index < -0.39 is 0 Å². The van der Waals surface area contributed by atoms with E-state index >= 15 is 0 Å². The van der Waals surface area contributed by atoms with Gasteiger partial charge in [0.1, 0.15) is 0 Å². The number of piperidine rings is 1. The molecule has 1 rings (SSSR count). The van der Waals surface area contributed by atoms with Crippen LogP contribution in [0.5, 0.6) is 0 Å². The maximum absolute atomic E-state index is 11.3. The summed E-state index contributed by atoms with van der Waals surface area (Å²) < 4.78 is 0. The lowest BCUT2D eigenvalue weighted by molar-refractivity contribution is -0.127. The number of likely N-dealkylation sites (tertiary alicyclic amines) is 1. The molecule has 0 aromatic rings. The highest BCUT2D eigenvalue weighted by atomic mass is 16.2. The van der Waals surface area contributed by atoms with Gasteiger partial charge in [-0.2, -0.15) is 0 Å². The van der Waals surface area contributed by atoms with E-state index in [0.717, 1.165) is 13.0 Å². The van der Waals surface area contributed by atoms with E-state index in [0.29, 0.717) is 12.6 Å². The minimum atomic E-state index is 0.150. The van der Waals surface area contributed by atoms with Crippen molar-refractivity contribution in [3.63, 3.8) is 0 Å². The van der Waals surface area contributed by atoms with Crippen molar-refractivity contribution in [2.24, 2.45) is 0 Å². The van der Waals surface area contributed by atoms with Crippen LogP contribution in [0.1, 0.15) is 25.7 Å². The van der Waals surface area contributed by atoms with E-state index in [-0.39, 0.29) is 5.91 Å². The Kier molecular flexibility index (Phi) is 5.77. The molecule has 1 amide bonds. The van der Waals surface area contributed by atoms with Crippen molar-refractivity contribution in [1.82, 2.24) is 15.1 Å². The third-order valence-corrected chi connectivity index (χ3v) is 3.35. The minimum Gasteiger partial charge on any atom is -0.348 e. The molecule has 16 heavy (non-hydrogen) atoms. The summed E-state index contributed by atoms with van der Waals surface area (Å²) in [5.41, 5.74) is 0. The molecule has 1 aliphatic rings. The SMILES string of the molecule is CN(C)C(=O)CNCCC1CCCCN1C. The van der Waals surface area contributed by atoms with E-state index in [1.807, 2.05) is 0 Å². The topological polar surface area (TPSA) is 35.6 Å². The van der Waals surface area contributed by atoms with Gasteiger partial charge in [-0.3, -0.25) is 4.79 Å². The Bertz CT molecular complexity index is 218. The Morgan fingerprint density at radius 3 is 2.81 bits per heavy atom. The predicted octanol–water partition coefficient (Wildman–Crippen LogP) is 0.539. The number of hydrogen-bond acceptors (Lipinski definition) is 3.